The highest BCUT2D eigenvalue weighted by Gasteiger charge is 2.31. The Balaban J connectivity index is 2.03. The van der Waals surface area contributed by atoms with Crippen LogP contribution in [0.2, 0.25) is 0 Å². The van der Waals surface area contributed by atoms with Gasteiger partial charge in [-0.3, -0.25) is 4.79 Å². The van der Waals surface area contributed by atoms with Crippen molar-refractivity contribution in [2.75, 3.05) is 5.33 Å². The Hall–Kier alpha value is -1.09. The minimum Gasteiger partial charge on any atom is -0.308 e. The number of nitrogens with zero attached hydrogens (tertiary/aromatic N) is 1. The molecule has 1 aromatic heterocycles. The number of halogens is 1. The molecule has 3 heteroatoms. The summed E-state index contributed by atoms with van der Waals surface area (Å²) in [5.41, 5.74) is 1.41. The van der Waals surface area contributed by atoms with Crippen LogP contribution in [0.1, 0.15) is 38.5 Å². The first-order chi connectivity index (χ1) is 10.2. The molecule has 3 rings (SSSR count). The quantitative estimate of drug-likeness (QED) is 0.580. The highest BCUT2D eigenvalue weighted by molar-refractivity contribution is 9.09. The summed E-state index contributed by atoms with van der Waals surface area (Å²) in [6.45, 7) is 0.832. The van der Waals surface area contributed by atoms with Crippen LogP contribution in [0.3, 0.4) is 0 Å². The fourth-order valence-electron chi connectivity index (χ4n) is 3.56. The van der Waals surface area contributed by atoms with Gasteiger partial charge in [0.2, 0.25) is 0 Å². The molecule has 1 aromatic carbocycles. The highest BCUT2D eigenvalue weighted by Crippen LogP contribution is 2.38. The molecule has 1 saturated carbocycles. The predicted molar refractivity (Wildman–Crippen MR) is 92.1 cm³/mol. The monoisotopic (exact) mass is 347 g/mol. The molecule has 0 unspecified atom stereocenters. The average Bonchev–Trinajstić information content (AvgIpc) is 2.76. The van der Waals surface area contributed by atoms with Crippen LogP contribution >= 0.6 is 15.9 Å². The summed E-state index contributed by atoms with van der Waals surface area (Å²) < 4.78 is 1.99. The van der Waals surface area contributed by atoms with E-state index in [2.05, 4.69) is 28.1 Å². The van der Waals surface area contributed by atoms with E-state index in [1.54, 1.807) is 6.07 Å². The van der Waals surface area contributed by atoms with E-state index < -0.39 is 0 Å². The minimum atomic E-state index is 0.123. The van der Waals surface area contributed by atoms with E-state index in [1.165, 1.54) is 38.5 Å². The van der Waals surface area contributed by atoms with Crippen molar-refractivity contribution in [1.29, 1.82) is 0 Å². The zero-order valence-corrected chi connectivity index (χ0v) is 13.9. The van der Waals surface area contributed by atoms with Gasteiger partial charge in [-0.15, -0.1) is 0 Å². The molecule has 21 heavy (non-hydrogen) atoms. The Morgan fingerprint density at radius 2 is 1.71 bits per heavy atom. The van der Waals surface area contributed by atoms with Crippen molar-refractivity contribution in [2.24, 2.45) is 5.41 Å². The summed E-state index contributed by atoms with van der Waals surface area (Å²) in [6.07, 6.45) is 7.66. The molecule has 1 fully saturated rings. The first-order valence-electron chi connectivity index (χ1n) is 7.89. The van der Waals surface area contributed by atoms with Crippen molar-refractivity contribution in [3.63, 3.8) is 0 Å². The fraction of sp³-hybridized carbons (Fsp3) is 0.500. The molecule has 2 nitrogen and oxygen atoms in total. The predicted octanol–water partition coefficient (Wildman–Crippen LogP) is 4.74. The number of alkyl halides is 1. The zero-order chi connectivity index (χ0) is 14.7. The molecule has 0 saturated heterocycles. The van der Waals surface area contributed by atoms with Crippen LogP contribution < -0.4 is 5.56 Å². The lowest BCUT2D eigenvalue weighted by molar-refractivity contribution is 0.243. The van der Waals surface area contributed by atoms with Crippen molar-refractivity contribution >= 4 is 26.8 Å². The molecule has 2 aromatic rings. The van der Waals surface area contributed by atoms with Crippen molar-refractivity contribution < 1.29 is 0 Å². The molecule has 1 heterocycles. The Kier molecular flexibility index (Phi) is 4.48. The van der Waals surface area contributed by atoms with E-state index in [1.807, 2.05) is 22.8 Å². The first kappa shape index (κ1) is 14.8. The molecule has 0 atom stereocenters. The van der Waals surface area contributed by atoms with E-state index in [4.69, 9.17) is 0 Å². The van der Waals surface area contributed by atoms with Gasteiger partial charge in [-0.25, -0.2) is 0 Å². The van der Waals surface area contributed by atoms with Crippen LogP contribution in [0.5, 0.6) is 0 Å². The number of aromatic nitrogens is 1. The molecule has 0 radical (unpaired) electrons. The summed E-state index contributed by atoms with van der Waals surface area (Å²) in [4.78, 5) is 12.4. The van der Waals surface area contributed by atoms with Crippen molar-refractivity contribution in [3.05, 3.63) is 46.8 Å². The Labute approximate surface area is 134 Å². The number of para-hydroxylation sites is 1. The van der Waals surface area contributed by atoms with E-state index in [9.17, 15) is 4.79 Å². The van der Waals surface area contributed by atoms with Gasteiger partial charge < -0.3 is 4.57 Å². The van der Waals surface area contributed by atoms with E-state index in [0.717, 1.165) is 22.8 Å². The lowest BCUT2D eigenvalue weighted by atomic mass is 9.82. The lowest BCUT2D eigenvalue weighted by Crippen LogP contribution is -2.33. The van der Waals surface area contributed by atoms with Crippen molar-refractivity contribution in [1.82, 2.24) is 4.57 Å². The van der Waals surface area contributed by atoms with E-state index >= 15 is 0 Å². The van der Waals surface area contributed by atoms with Gasteiger partial charge >= 0.3 is 0 Å². The number of hydrogen-bond donors (Lipinski definition) is 0. The normalized spacial score (nSPS) is 18.5. The molecular formula is C18H22BrNO. The smallest absolute Gasteiger partial charge is 0.251 e. The second kappa shape index (κ2) is 6.35. The maximum absolute atomic E-state index is 12.4. The van der Waals surface area contributed by atoms with E-state index in [0.29, 0.717) is 0 Å². The fourth-order valence-corrected chi connectivity index (χ4v) is 4.29. The van der Waals surface area contributed by atoms with Crippen LogP contribution in [0, 0.1) is 5.41 Å². The molecule has 0 N–H and O–H groups in total. The van der Waals surface area contributed by atoms with Crippen LogP contribution in [0.25, 0.3) is 10.9 Å². The Morgan fingerprint density at radius 3 is 2.43 bits per heavy atom. The van der Waals surface area contributed by atoms with Gasteiger partial charge in [0.05, 0.1) is 5.52 Å². The van der Waals surface area contributed by atoms with Crippen LogP contribution in [-0.2, 0) is 6.54 Å². The molecule has 1 aliphatic rings. The molecule has 0 spiro atoms. The number of pyridine rings is 1. The number of hydrogen-bond acceptors (Lipinski definition) is 1. The number of benzene rings is 1. The van der Waals surface area contributed by atoms with Crippen LogP contribution in [0.4, 0.5) is 0 Å². The second-order valence-corrected chi connectivity index (χ2v) is 6.93. The molecule has 1 aliphatic carbocycles. The topological polar surface area (TPSA) is 22.0 Å². The standard InChI is InChI=1S/C18H22BrNO/c19-13-18(11-5-1-2-6-12-18)14-20-16-8-4-3-7-15(16)9-10-17(20)21/h3-4,7-10H,1-2,5-6,11-14H2. The minimum absolute atomic E-state index is 0.123. The third-order valence-electron chi connectivity index (χ3n) is 4.84. The van der Waals surface area contributed by atoms with Gasteiger partial charge in [0.15, 0.2) is 0 Å². The summed E-state index contributed by atoms with van der Waals surface area (Å²) in [6, 6.07) is 11.8. The molecule has 112 valence electrons. The maximum atomic E-state index is 12.4. The Morgan fingerprint density at radius 1 is 1.00 bits per heavy atom. The van der Waals surface area contributed by atoms with Gasteiger partial charge in [-0.2, -0.15) is 0 Å². The van der Waals surface area contributed by atoms with Gasteiger partial charge in [-0.05, 0) is 35.8 Å². The molecule has 0 amide bonds. The molecule has 0 aliphatic heterocycles. The highest BCUT2D eigenvalue weighted by atomic mass is 79.9. The SMILES string of the molecule is O=c1ccc2ccccc2n1CC1(CBr)CCCCCC1. The molecular weight excluding hydrogens is 326 g/mol. The zero-order valence-electron chi connectivity index (χ0n) is 12.4. The van der Waals surface area contributed by atoms with E-state index in [-0.39, 0.29) is 11.0 Å². The summed E-state index contributed by atoms with van der Waals surface area (Å²) in [5.74, 6) is 0. The summed E-state index contributed by atoms with van der Waals surface area (Å²) in [7, 11) is 0. The average molecular weight is 348 g/mol. The van der Waals surface area contributed by atoms with Crippen LogP contribution in [0.15, 0.2) is 41.2 Å². The second-order valence-electron chi connectivity index (χ2n) is 6.36. The van der Waals surface area contributed by atoms with Gasteiger partial charge in [0.25, 0.3) is 5.56 Å². The third-order valence-corrected chi connectivity index (χ3v) is 6.03. The van der Waals surface area contributed by atoms with Gasteiger partial charge in [0, 0.05) is 17.9 Å². The summed E-state index contributed by atoms with van der Waals surface area (Å²) in [5, 5.41) is 2.13. The van der Waals surface area contributed by atoms with Gasteiger partial charge in [-0.1, -0.05) is 59.8 Å². The maximum Gasteiger partial charge on any atom is 0.251 e. The van der Waals surface area contributed by atoms with Crippen LogP contribution in [-0.4, -0.2) is 9.90 Å². The largest absolute Gasteiger partial charge is 0.308 e. The van der Waals surface area contributed by atoms with Crippen molar-refractivity contribution in [3.8, 4) is 0 Å². The third kappa shape index (κ3) is 3.08. The summed E-state index contributed by atoms with van der Waals surface area (Å²) >= 11 is 3.73. The lowest BCUT2D eigenvalue weighted by Gasteiger charge is -2.32. The van der Waals surface area contributed by atoms with Crippen molar-refractivity contribution in [2.45, 2.75) is 45.1 Å². The number of fused-ring (bicyclic) bond motifs is 1. The molecule has 0 bridgehead atoms. The van der Waals surface area contributed by atoms with Gasteiger partial charge in [0.1, 0.15) is 0 Å². The first-order valence-corrected chi connectivity index (χ1v) is 9.01. The Bertz CT molecular complexity index is 668. The number of rotatable bonds is 3.